The number of hydrogen-bond donors (Lipinski definition) is 1. The Morgan fingerprint density at radius 3 is 2.38 bits per heavy atom. The van der Waals surface area contributed by atoms with Crippen LogP contribution in [0.25, 0.3) is 0 Å². The van der Waals surface area contributed by atoms with Gasteiger partial charge in [0.2, 0.25) is 0 Å². The van der Waals surface area contributed by atoms with Gasteiger partial charge in [-0.25, -0.2) is 4.79 Å². The molecule has 1 aliphatic carbocycles. The van der Waals surface area contributed by atoms with Gasteiger partial charge in [-0.05, 0) is 24.3 Å². The van der Waals surface area contributed by atoms with E-state index in [1.165, 1.54) is 31.4 Å². The molecular formula is C16H20F2O3. The summed E-state index contributed by atoms with van der Waals surface area (Å²) in [5.41, 5.74) is 0.980. The first-order valence-electron chi connectivity index (χ1n) is 7.27. The van der Waals surface area contributed by atoms with Gasteiger partial charge in [0.25, 0.3) is 5.92 Å². The maximum atomic E-state index is 13.9. The van der Waals surface area contributed by atoms with E-state index in [4.69, 9.17) is 5.11 Å². The lowest BCUT2D eigenvalue weighted by Gasteiger charge is -2.23. The van der Waals surface area contributed by atoms with Gasteiger partial charge in [0, 0.05) is 5.56 Å². The zero-order valence-corrected chi connectivity index (χ0v) is 11.9. The second kappa shape index (κ2) is 6.98. The number of halogens is 2. The van der Waals surface area contributed by atoms with Crippen LogP contribution in [0.15, 0.2) is 24.3 Å². The third kappa shape index (κ3) is 4.49. The highest BCUT2D eigenvalue weighted by Gasteiger charge is 2.32. The molecule has 0 bridgehead atoms. The van der Waals surface area contributed by atoms with Crippen LogP contribution in [-0.2, 0) is 15.5 Å². The van der Waals surface area contributed by atoms with Crippen molar-refractivity contribution in [2.24, 2.45) is 0 Å². The summed E-state index contributed by atoms with van der Waals surface area (Å²) in [4.78, 5) is 10.3. The Kier molecular flexibility index (Phi) is 5.28. The lowest BCUT2D eigenvalue weighted by Crippen LogP contribution is -2.23. The molecule has 0 amide bonds. The van der Waals surface area contributed by atoms with Crippen LogP contribution in [0.2, 0.25) is 0 Å². The highest BCUT2D eigenvalue weighted by molar-refractivity contribution is 5.68. The lowest BCUT2D eigenvalue weighted by atomic mass is 9.84. The molecule has 0 spiro atoms. The van der Waals surface area contributed by atoms with Crippen LogP contribution in [0.4, 0.5) is 8.78 Å². The Morgan fingerprint density at radius 2 is 1.81 bits per heavy atom. The predicted molar refractivity (Wildman–Crippen MR) is 74.6 cm³/mol. The van der Waals surface area contributed by atoms with E-state index in [2.05, 4.69) is 4.74 Å². The zero-order chi connectivity index (χ0) is 15.3. The van der Waals surface area contributed by atoms with Crippen LogP contribution in [0, 0.1) is 0 Å². The van der Waals surface area contributed by atoms with E-state index in [-0.39, 0.29) is 5.56 Å². The fourth-order valence-electron chi connectivity index (χ4n) is 2.78. The Hall–Kier alpha value is -1.49. The van der Waals surface area contributed by atoms with E-state index in [9.17, 15) is 13.6 Å². The molecule has 5 heteroatoms. The number of carboxylic acid groups (broad SMARTS) is 1. The van der Waals surface area contributed by atoms with E-state index in [0.29, 0.717) is 5.92 Å². The summed E-state index contributed by atoms with van der Waals surface area (Å²) in [5, 5.41) is 8.39. The first-order valence-corrected chi connectivity index (χ1v) is 7.27. The fourth-order valence-corrected chi connectivity index (χ4v) is 2.78. The Labute approximate surface area is 122 Å². The van der Waals surface area contributed by atoms with Gasteiger partial charge in [0.1, 0.15) is 13.2 Å². The summed E-state index contributed by atoms with van der Waals surface area (Å²) in [7, 11) is 0. The number of aliphatic carboxylic acids is 1. The molecule has 1 aromatic carbocycles. The van der Waals surface area contributed by atoms with Crippen LogP contribution in [0.3, 0.4) is 0 Å². The second-order valence-electron chi connectivity index (χ2n) is 5.55. The molecular weight excluding hydrogens is 278 g/mol. The van der Waals surface area contributed by atoms with Gasteiger partial charge in [-0.3, -0.25) is 0 Å². The minimum atomic E-state index is -3.17. The molecule has 1 saturated carbocycles. The van der Waals surface area contributed by atoms with Crippen LogP contribution in [0.1, 0.15) is 49.1 Å². The number of rotatable bonds is 6. The Morgan fingerprint density at radius 1 is 1.19 bits per heavy atom. The average molecular weight is 298 g/mol. The van der Waals surface area contributed by atoms with Crippen molar-refractivity contribution in [2.45, 2.75) is 43.9 Å². The first-order chi connectivity index (χ1) is 9.99. The zero-order valence-electron chi connectivity index (χ0n) is 11.9. The molecule has 116 valence electrons. The summed E-state index contributed by atoms with van der Waals surface area (Å²) in [6, 6.07) is 6.37. The quantitative estimate of drug-likeness (QED) is 0.865. The number of alkyl halides is 2. The van der Waals surface area contributed by atoms with Crippen molar-refractivity contribution in [3.8, 4) is 0 Å². The lowest BCUT2D eigenvalue weighted by molar-refractivity contribution is -0.147. The molecule has 0 heterocycles. The van der Waals surface area contributed by atoms with Gasteiger partial charge in [-0.2, -0.15) is 8.78 Å². The molecule has 0 unspecified atom stereocenters. The summed E-state index contributed by atoms with van der Waals surface area (Å²) in [6.45, 7) is -1.63. The topological polar surface area (TPSA) is 46.5 Å². The van der Waals surface area contributed by atoms with Gasteiger partial charge in [0.05, 0.1) is 0 Å². The van der Waals surface area contributed by atoms with Gasteiger partial charge in [-0.15, -0.1) is 0 Å². The normalized spacial score (nSPS) is 16.9. The van der Waals surface area contributed by atoms with E-state index in [1.807, 2.05) is 0 Å². The van der Waals surface area contributed by atoms with Gasteiger partial charge in [0.15, 0.2) is 0 Å². The number of benzene rings is 1. The maximum absolute atomic E-state index is 13.9. The first kappa shape index (κ1) is 15.9. The molecule has 1 aliphatic rings. The number of ether oxygens (including phenoxy) is 1. The average Bonchev–Trinajstić information content (AvgIpc) is 2.48. The SMILES string of the molecule is O=C(O)COCC(F)(F)c1ccc(C2CCCCC2)cc1. The minimum Gasteiger partial charge on any atom is -0.480 e. The largest absolute Gasteiger partial charge is 0.480 e. The van der Waals surface area contributed by atoms with Crippen molar-refractivity contribution in [1.29, 1.82) is 0 Å². The summed E-state index contributed by atoms with van der Waals surface area (Å²) in [6.07, 6.45) is 5.90. The third-order valence-corrected chi connectivity index (χ3v) is 3.92. The Bertz CT molecular complexity index is 465. The minimum absolute atomic E-state index is 0.132. The van der Waals surface area contributed by atoms with Gasteiger partial charge >= 0.3 is 5.97 Å². The summed E-state index contributed by atoms with van der Waals surface area (Å²) >= 11 is 0. The van der Waals surface area contributed by atoms with Crippen LogP contribution >= 0.6 is 0 Å². The number of carbonyl (C=O) groups is 1. The van der Waals surface area contributed by atoms with Gasteiger partial charge in [-0.1, -0.05) is 43.5 Å². The summed E-state index contributed by atoms with van der Waals surface area (Å²) in [5.74, 6) is -3.94. The molecule has 0 aromatic heterocycles. The summed E-state index contributed by atoms with van der Waals surface area (Å²) < 4.78 is 32.2. The number of hydrogen-bond acceptors (Lipinski definition) is 2. The van der Waals surface area contributed by atoms with Gasteiger partial charge < -0.3 is 9.84 Å². The van der Waals surface area contributed by atoms with Crippen LogP contribution in [-0.4, -0.2) is 24.3 Å². The second-order valence-corrected chi connectivity index (χ2v) is 5.55. The van der Waals surface area contributed by atoms with Crippen molar-refractivity contribution in [1.82, 2.24) is 0 Å². The highest BCUT2D eigenvalue weighted by Crippen LogP contribution is 2.34. The molecule has 1 N–H and O–H groups in total. The smallest absolute Gasteiger partial charge is 0.329 e. The third-order valence-electron chi connectivity index (χ3n) is 3.92. The number of carboxylic acids is 1. The van der Waals surface area contributed by atoms with E-state index in [0.717, 1.165) is 18.4 Å². The molecule has 2 rings (SSSR count). The molecule has 1 aromatic rings. The molecule has 0 saturated heterocycles. The molecule has 21 heavy (non-hydrogen) atoms. The van der Waals surface area contributed by atoms with Crippen molar-refractivity contribution in [3.05, 3.63) is 35.4 Å². The van der Waals surface area contributed by atoms with Crippen molar-refractivity contribution in [3.63, 3.8) is 0 Å². The van der Waals surface area contributed by atoms with Crippen molar-refractivity contribution >= 4 is 5.97 Å². The maximum Gasteiger partial charge on any atom is 0.329 e. The van der Waals surface area contributed by atoms with Crippen molar-refractivity contribution < 1.29 is 23.4 Å². The Balaban J connectivity index is 1.98. The fraction of sp³-hybridized carbons (Fsp3) is 0.562. The predicted octanol–water partition coefficient (Wildman–Crippen LogP) is 3.93. The molecule has 0 aliphatic heterocycles. The van der Waals surface area contributed by atoms with E-state index in [1.54, 1.807) is 12.1 Å². The monoisotopic (exact) mass is 298 g/mol. The molecule has 1 fully saturated rings. The van der Waals surface area contributed by atoms with Crippen LogP contribution < -0.4 is 0 Å². The molecule has 0 radical (unpaired) electrons. The standard InChI is InChI=1S/C16H20F2O3/c17-16(18,11-21-10-15(19)20)14-8-6-13(7-9-14)12-4-2-1-3-5-12/h6-9,12H,1-5,10-11H2,(H,19,20). The van der Waals surface area contributed by atoms with E-state index >= 15 is 0 Å². The highest BCUT2D eigenvalue weighted by atomic mass is 19.3. The van der Waals surface area contributed by atoms with Crippen LogP contribution in [0.5, 0.6) is 0 Å². The van der Waals surface area contributed by atoms with E-state index < -0.39 is 25.1 Å². The molecule has 0 atom stereocenters. The molecule has 3 nitrogen and oxygen atoms in total. The van der Waals surface area contributed by atoms with Crippen molar-refractivity contribution in [2.75, 3.05) is 13.2 Å².